The standard InChI is InChI=1S/C15H22N2O4/c1-4-8-21-14-7-5-6-12(9-14)16-15(19)17(2)10-13(18)11-20-3/h4-7,9,13,18H,1,8,10-11H2,2-3H3,(H,16,19). The van der Waals surface area contributed by atoms with Gasteiger partial charge in [0.05, 0.1) is 19.3 Å². The molecule has 1 unspecified atom stereocenters. The van der Waals surface area contributed by atoms with Crippen molar-refractivity contribution in [1.29, 1.82) is 0 Å². The fraction of sp³-hybridized carbons (Fsp3) is 0.400. The van der Waals surface area contributed by atoms with E-state index in [1.807, 2.05) is 0 Å². The van der Waals surface area contributed by atoms with Crippen molar-refractivity contribution in [2.24, 2.45) is 0 Å². The molecule has 0 aliphatic carbocycles. The number of carbonyl (C=O) groups is 1. The third-order valence-electron chi connectivity index (χ3n) is 2.64. The molecule has 1 atom stereocenters. The lowest BCUT2D eigenvalue weighted by Crippen LogP contribution is -2.38. The van der Waals surface area contributed by atoms with E-state index in [9.17, 15) is 9.90 Å². The summed E-state index contributed by atoms with van der Waals surface area (Å²) in [5, 5.41) is 12.3. The molecule has 1 aromatic carbocycles. The first kappa shape index (κ1) is 17.0. The summed E-state index contributed by atoms with van der Waals surface area (Å²) in [6.45, 7) is 4.35. The quantitative estimate of drug-likeness (QED) is 0.716. The van der Waals surface area contributed by atoms with Crippen LogP contribution in [-0.4, -0.2) is 56.1 Å². The lowest BCUT2D eigenvalue weighted by Gasteiger charge is -2.21. The van der Waals surface area contributed by atoms with Gasteiger partial charge in [0.15, 0.2) is 0 Å². The highest BCUT2D eigenvalue weighted by atomic mass is 16.5. The van der Waals surface area contributed by atoms with Gasteiger partial charge in [0, 0.05) is 25.9 Å². The van der Waals surface area contributed by atoms with E-state index in [1.54, 1.807) is 37.4 Å². The van der Waals surface area contributed by atoms with Crippen LogP contribution in [0.1, 0.15) is 0 Å². The molecular formula is C15H22N2O4. The molecule has 21 heavy (non-hydrogen) atoms. The third-order valence-corrected chi connectivity index (χ3v) is 2.64. The van der Waals surface area contributed by atoms with Crippen LogP contribution in [0, 0.1) is 0 Å². The largest absolute Gasteiger partial charge is 0.489 e. The van der Waals surface area contributed by atoms with E-state index in [0.717, 1.165) is 0 Å². The smallest absolute Gasteiger partial charge is 0.321 e. The number of amides is 2. The Labute approximate surface area is 125 Å². The number of hydrogen-bond donors (Lipinski definition) is 2. The number of ether oxygens (including phenoxy) is 2. The molecule has 1 aromatic rings. The van der Waals surface area contributed by atoms with Crippen LogP contribution in [0.2, 0.25) is 0 Å². The number of aliphatic hydroxyl groups excluding tert-OH is 1. The first-order chi connectivity index (χ1) is 10.1. The van der Waals surface area contributed by atoms with Crippen molar-refractivity contribution in [3.63, 3.8) is 0 Å². The summed E-state index contributed by atoms with van der Waals surface area (Å²) in [5.41, 5.74) is 0.620. The number of rotatable bonds is 8. The summed E-state index contributed by atoms with van der Waals surface area (Å²) < 4.78 is 10.2. The minimum absolute atomic E-state index is 0.183. The van der Waals surface area contributed by atoms with Gasteiger partial charge in [-0.05, 0) is 12.1 Å². The maximum absolute atomic E-state index is 12.0. The number of aliphatic hydroxyl groups is 1. The van der Waals surface area contributed by atoms with Gasteiger partial charge in [-0.1, -0.05) is 18.7 Å². The van der Waals surface area contributed by atoms with Crippen molar-refractivity contribution in [2.45, 2.75) is 6.10 Å². The van der Waals surface area contributed by atoms with Gasteiger partial charge in [0.1, 0.15) is 12.4 Å². The van der Waals surface area contributed by atoms with Crippen LogP contribution in [0.25, 0.3) is 0 Å². The number of nitrogens with one attached hydrogen (secondary N) is 1. The van der Waals surface area contributed by atoms with Gasteiger partial charge in [-0.15, -0.1) is 0 Å². The molecule has 0 fully saturated rings. The topological polar surface area (TPSA) is 71.0 Å². The average molecular weight is 294 g/mol. The summed E-state index contributed by atoms with van der Waals surface area (Å²) >= 11 is 0. The van der Waals surface area contributed by atoms with Crippen LogP contribution in [0.4, 0.5) is 10.5 Å². The summed E-state index contributed by atoms with van der Waals surface area (Å²) in [4.78, 5) is 13.4. The van der Waals surface area contributed by atoms with Crippen LogP contribution >= 0.6 is 0 Å². The number of benzene rings is 1. The number of likely N-dealkylation sites (N-methyl/N-ethyl adjacent to an activating group) is 1. The number of urea groups is 1. The molecule has 0 bridgehead atoms. The van der Waals surface area contributed by atoms with E-state index in [1.165, 1.54) is 12.0 Å². The second kappa shape index (κ2) is 8.99. The molecule has 6 nitrogen and oxygen atoms in total. The number of nitrogens with zero attached hydrogens (tertiary/aromatic N) is 1. The number of hydrogen-bond acceptors (Lipinski definition) is 4. The van der Waals surface area contributed by atoms with E-state index >= 15 is 0 Å². The Morgan fingerprint density at radius 1 is 1.57 bits per heavy atom. The number of anilines is 1. The fourth-order valence-corrected chi connectivity index (χ4v) is 1.68. The molecule has 2 N–H and O–H groups in total. The first-order valence-corrected chi connectivity index (χ1v) is 6.59. The molecule has 0 aliphatic heterocycles. The Morgan fingerprint density at radius 2 is 2.33 bits per heavy atom. The second-order valence-corrected chi connectivity index (χ2v) is 4.55. The van der Waals surface area contributed by atoms with Gasteiger partial charge in [-0.25, -0.2) is 4.79 Å². The van der Waals surface area contributed by atoms with Crippen LogP contribution < -0.4 is 10.1 Å². The van der Waals surface area contributed by atoms with Crippen LogP contribution in [0.3, 0.4) is 0 Å². The summed E-state index contributed by atoms with van der Waals surface area (Å²) in [6, 6.07) is 6.75. The zero-order chi connectivity index (χ0) is 15.7. The maximum atomic E-state index is 12.0. The molecule has 0 spiro atoms. The van der Waals surface area contributed by atoms with E-state index in [4.69, 9.17) is 9.47 Å². The minimum Gasteiger partial charge on any atom is -0.489 e. The van der Waals surface area contributed by atoms with Gasteiger partial charge >= 0.3 is 6.03 Å². The Kier molecular flexibility index (Phi) is 7.28. The van der Waals surface area contributed by atoms with Crippen molar-refractivity contribution >= 4 is 11.7 Å². The monoisotopic (exact) mass is 294 g/mol. The molecular weight excluding hydrogens is 272 g/mol. The van der Waals surface area contributed by atoms with Crippen LogP contribution in [-0.2, 0) is 4.74 Å². The highest BCUT2D eigenvalue weighted by Gasteiger charge is 2.13. The van der Waals surface area contributed by atoms with Crippen molar-refractivity contribution in [3.8, 4) is 5.75 Å². The maximum Gasteiger partial charge on any atom is 0.321 e. The van der Waals surface area contributed by atoms with E-state index in [-0.39, 0.29) is 19.2 Å². The van der Waals surface area contributed by atoms with Gasteiger partial charge in [0.25, 0.3) is 0 Å². The SMILES string of the molecule is C=CCOc1cccc(NC(=O)N(C)CC(O)COC)c1. The molecule has 1 rings (SSSR count). The van der Waals surface area contributed by atoms with Crippen molar-refractivity contribution < 1.29 is 19.4 Å². The Balaban J connectivity index is 2.55. The van der Waals surface area contributed by atoms with Crippen LogP contribution in [0.5, 0.6) is 5.75 Å². The highest BCUT2D eigenvalue weighted by molar-refractivity contribution is 5.89. The number of methoxy groups -OCH3 is 1. The molecule has 0 aliphatic rings. The predicted molar refractivity (Wildman–Crippen MR) is 81.7 cm³/mol. The zero-order valence-corrected chi connectivity index (χ0v) is 12.4. The summed E-state index contributed by atoms with van der Waals surface area (Å²) in [5.74, 6) is 0.648. The molecule has 0 saturated heterocycles. The predicted octanol–water partition coefficient (Wildman–Crippen LogP) is 1.72. The summed E-state index contributed by atoms with van der Waals surface area (Å²) in [7, 11) is 3.10. The van der Waals surface area contributed by atoms with Gasteiger partial charge in [-0.3, -0.25) is 0 Å². The van der Waals surface area contributed by atoms with Gasteiger partial charge < -0.3 is 24.8 Å². The molecule has 116 valence electrons. The Bertz CT molecular complexity index is 465. The average Bonchev–Trinajstić information content (AvgIpc) is 2.45. The molecule has 0 aromatic heterocycles. The zero-order valence-electron chi connectivity index (χ0n) is 12.4. The van der Waals surface area contributed by atoms with E-state index in [2.05, 4.69) is 11.9 Å². The molecule has 2 amide bonds. The van der Waals surface area contributed by atoms with E-state index in [0.29, 0.717) is 18.0 Å². The number of carbonyl (C=O) groups excluding carboxylic acids is 1. The van der Waals surface area contributed by atoms with Gasteiger partial charge in [0.2, 0.25) is 0 Å². The van der Waals surface area contributed by atoms with Crippen molar-refractivity contribution in [2.75, 3.05) is 39.2 Å². The molecule has 0 radical (unpaired) electrons. The normalized spacial score (nSPS) is 11.6. The van der Waals surface area contributed by atoms with Crippen LogP contribution in [0.15, 0.2) is 36.9 Å². The Hall–Kier alpha value is -2.05. The molecule has 6 heteroatoms. The molecule has 0 saturated carbocycles. The summed E-state index contributed by atoms with van der Waals surface area (Å²) in [6.07, 6.45) is 0.934. The minimum atomic E-state index is -0.715. The fourth-order valence-electron chi connectivity index (χ4n) is 1.68. The third kappa shape index (κ3) is 6.29. The van der Waals surface area contributed by atoms with Crippen molar-refractivity contribution in [1.82, 2.24) is 4.90 Å². The molecule has 0 heterocycles. The van der Waals surface area contributed by atoms with Gasteiger partial charge in [-0.2, -0.15) is 0 Å². The highest BCUT2D eigenvalue weighted by Crippen LogP contribution is 2.17. The first-order valence-electron chi connectivity index (χ1n) is 6.59. The van der Waals surface area contributed by atoms with E-state index < -0.39 is 6.10 Å². The lowest BCUT2D eigenvalue weighted by atomic mass is 10.3. The Morgan fingerprint density at radius 3 is 3.00 bits per heavy atom. The van der Waals surface area contributed by atoms with Crippen molar-refractivity contribution in [3.05, 3.63) is 36.9 Å². The second-order valence-electron chi connectivity index (χ2n) is 4.55. The lowest BCUT2D eigenvalue weighted by molar-refractivity contribution is 0.0501.